The molecule has 1 aliphatic carbocycles. The van der Waals surface area contributed by atoms with Gasteiger partial charge in [0.1, 0.15) is 0 Å². The summed E-state index contributed by atoms with van der Waals surface area (Å²) in [6.45, 7) is 7.67. The van der Waals surface area contributed by atoms with Gasteiger partial charge in [-0.1, -0.05) is 19.8 Å². The van der Waals surface area contributed by atoms with Crippen LogP contribution in [0.1, 0.15) is 52.4 Å². The summed E-state index contributed by atoms with van der Waals surface area (Å²) in [7, 11) is 0. The summed E-state index contributed by atoms with van der Waals surface area (Å²) in [4.78, 5) is 2.71. The molecule has 1 saturated carbocycles. The molecule has 1 heteroatoms. The fraction of sp³-hybridized carbons (Fsp3) is 1.00. The predicted molar refractivity (Wildman–Crippen MR) is 56.8 cm³/mol. The second kappa shape index (κ2) is 3.61. The van der Waals surface area contributed by atoms with Crippen LogP contribution >= 0.6 is 0 Å². The average molecular weight is 181 g/mol. The van der Waals surface area contributed by atoms with E-state index in [0.717, 1.165) is 6.04 Å². The summed E-state index contributed by atoms with van der Waals surface area (Å²) in [5.74, 6) is 0. The van der Waals surface area contributed by atoms with Crippen LogP contribution in [0.25, 0.3) is 0 Å². The lowest BCUT2D eigenvalue weighted by Gasteiger charge is -2.38. The van der Waals surface area contributed by atoms with Gasteiger partial charge in [-0.3, -0.25) is 0 Å². The fourth-order valence-corrected chi connectivity index (χ4v) is 3.17. The molecule has 1 atom stereocenters. The molecule has 1 aliphatic heterocycles. The van der Waals surface area contributed by atoms with Gasteiger partial charge >= 0.3 is 0 Å². The van der Waals surface area contributed by atoms with Crippen molar-refractivity contribution in [2.45, 2.75) is 58.4 Å². The van der Waals surface area contributed by atoms with Crippen molar-refractivity contribution in [1.29, 1.82) is 0 Å². The second-order valence-electron chi connectivity index (χ2n) is 5.28. The van der Waals surface area contributed by atoms with E-state index in [1.165, 1.54) is 51.6 Å². The molecular weight excluding hydrogens is 158 g/mol. The van der Waals surface area contributed by atoms with Gasteiger partial charge in [-0.25, -0.2) is 0 Å². The highest BCUT2D eigenvalue weighted by Crippen LogP contribution is 2.42. The first-order valence-electron chi connectivity index (χ1n) is 5.96. The van der Waals surface area contributed by atoms with E-state index >= 15 is 0 Å². The highest BCUT2D eigenvalue weighted by molar-refractivity contribution is 4.91. The third kappa shape index (κ3) is 1.76. The number of hydrogen-bond acceptors (Lipinski definition) is 1. The van der Waals surface area contributed by atoms with Gasteiger partial charge in [0.2, 0.25) is 0 Å². The number of hydrogen-bond donors (Lipinski definition) is 0. The Morgan fingerprint density at radius 1 is 1.00 bits per heavy atom. The summed E-state index contributed by atoms with van der Waals surface area (Å²) in [5.41, 5.74) is 0.643. The minimum absolute atomic E-state index is 0.643. The zero-order chi connectivity index (χ0) is 9.31. The molecule has 2 aliphatic rings. The molecule has 0 N–H and O–H groups in total. The van der Waals surface area contributed by atoms with Crippen molar-refractivity contribution in [2.75, 3.05) is 13.1 Å². The second-order valence-corrected chi connectivity index (χ2v) is 5.28. The van der Waals surface area contributed by atoms with E-state index in [2.05, 4.69) is 18.7 Å². The molecule has 0 aromatic carbocycles. The number of rotatable bonds is 2. The molecule has 1 nitrogen and oxygen atoms in total. The van der Waals surface area contributed by atoms with Crippen LogP contribution in [0.15, 0.2) is 0 Å². The van der Waals surface area contributed by atoms with E-state index in [1.807, 2.05) is 0 Å². The SMILES string of the molecule is CC(N1CCCC1)C1(C)CCCC1. The Labute approximate surface area is 82.5 Å². The highest BCUT2D eigenvalue weighted by atomic mass is 15.2. The maximum atomic E-state index is 2.71. The quantitative estimate of drug-likeness (QED) is 0.633. The van der Waals surface area contributed by atoms with Crippen LogP contribution in [0.4, 0.5) is 0 Å². The van der Waals surface area contributed by atoms with Crippen LogP contribution in [0.2, 0.25) is 0 Å². The smallest absolute Gasteiger partial charge is 0.0121 e. The summed E-state index contributed by atoms with van der Waals surface area (Å²) in [6.07, 6.45) is 8.72. The van der Waals surface area contributed by atoms with Gasteiger partial charge in [0, 0.05) is 6.04 Å². The van der Waals surface area contributed by atoms with E-state index in [1.54, 1.807) is 0 Å². The lowest BCUT2D eigenvalue weighted by atomic mass is 9.81. The van der Waals surface area contributed by atoms with Crippen LogP contribution < -0.4 is 0 Å². The Bertz CT molecular complexity index is 164. The van der Waals surface area contributed by atoms with Crippen molar-refractivity contribution in [2.24, 2.45) is 5.41 Å². The van der Waals surface area contributed by atoms with Crippen molar-refractivity contribution in [3.63, 3.8) is 0 Å². The largest absolute Gasteiger partial charge is 0.300 e. The number of nitrogens with zero attached hydrogens (tertiary/aromatic N) is 1. The van der Waals surface area contributed by atoms with E-state index < -0.39 is 0 Å². The molecule has 76 valence electrons. The van der Waals surface area contributed by atoms with Crippen molar-refractivity contribution in [3.8, 4) is 0 Å². The minimum Gasteiger partial charge on any atom is -0.300 e. The third-order valence-electron chi connectivity index (χ3n) is 4.44. The summed E-state index contributed by atoms with van der Waals surface area (Å²) in [5, 5.41) is 0. The maximum absolute atomic E-state index is 2.71. The Hall–Kier alpha value is -0.0400. The predicted octanol–water partition coefficient (Wildman–Crippen LogP) is 3.05. The van der Waals surface area contributed by atoms with Gasteiger partial charge in [0.05, 0.1) is 0 Å². The lowest BCUT2D eigenvalue weighted by Crippen LogP contribution is -2.41. The fourth-order valence-electron chi connectivity index (χ4n) is 3.17. The average Bonchev–Trinajstić information content (AvgIpc) is 2.73. The molecule has 0 amide bonds. The normalized spacial score (nSPS) is 30.9. The summed E-state index contributed by atoms with van der Waals surface area (Å²) < 4.78 is 0. The molecule has 1 unspecified atom stereocenters. The van der Waals surface area contributed by atoms with Crippen molar-refractivity contribution in [3.05, 3.63) is 0 Å². The van der Waals surface area contributed by atoms with E-state index in [4.69, 9.17) is 0 Å². The third-order valence-corrected chi connectivity index (χ3v) is 4.44. The topological polar surface area (TPSA) is 3.24 Å². The number of likely N-dealkylation sites (tertiary alicyclic amines) is 1. The standard InChI is InChI=1S/C12H23N/c1-11(13-9-5-6-10-13)12(2)7-3-4-8-12/h11H,3-10H2,1-2H3. The first-order valence-corrected chi connectivity index (χ1v) is 5.96. The molecule has 2 rings (SSSR count). The Morgan fingerprint density at radius 3 is 2.08 bits per heavy atom. The van der Waals surface area contributed by atoms with Crippen LogP contribution in [-0.2, 0) is 0 Å². The van der Waals surface area contributed by atoms with Crippen LogP contribution in [0.3, 0.4) is 0 Å². The van der Waals surface area contributed by atoms with Gasteiger partial charge in [0.25, 0.3) is 0 Å². The first-order chi connectivity index (χ1) is 6.22. The molecule has 1 heterocycles. The zero-order valence-corrected chi connectivity index (χ0v) is 9.18. The zero-order valence-electron chi connectivity index (χ0n) is 9.18. The van der Waals surface area contributed by atoms with Crippen LogP contribution in [0.5, 0.6) is 0 Å². The van der Waals surface area contributed by atoms with Crippen LogP contribution in [0, 0.1) is 5.41 Å². The molecule has 2 fully saturated rings. The highest BCUT2D eigenvalue weighted by Gasteiger charge is 2.37. The molecular formula is C12H23N. The van der Waals surface area contributed by atoms with Gasteiger partial charge < -0.3 is 4.90 Å². The maximum Gasteiger partial charge on any atom is 0.0121 e. The van der Waals surface area contributed by atoms with Gasteiger partial charge in [0.15, 0.2) is 0 Å². The van der Waals surface area contributed by atoms with Gasteiger partial charge in [-0.05, 0) is 51.1 Å². The van der Waals surface area contributed by atoms with Crippen molar-refractivity contribution >= 4 is 0 Å². The van der Waals surface area contributed by atoms with Crippen molar-refractivity contribution in [1.82, 2.24) is 4.90 Å². The molecule has 0 bridgehead atoms. The minimum atomic E-state index is 0.643. The van der Waals surface area contributed by atoms with Crippen LogP contribution in [-0.4, -0.2) is 24.0 Å². The van der Waals surface area contributed by atoms with E-state index in [0.29, 0.717) is 5.41 Å². The molecule has 13 heavy (non-hydrogen) atoms. The van der Waals surface area contributed by atoms with Crippen molar-refractivity contribution < 1.29 is 0 Å². The molecule has 0 radical (unpaired) electrons. The Morgan fingerprint density at radius 2 is 1.54 bits per heavy atom. The van der Waals surface area contributed by atoms with E-state index in [-0.39, 0.29) is 0 Å². The lowest BCUT2D eigenvalue weighted by molar-refractivity contribution is 0.114. The summed E-state index contributed by atoms with van der Waals surface area (Å²) >= 11 is 0. The monoisotopic (exact) mass is 181 g/mol. The Kier molecular flexibility index (Phi) is 2.64. The summed E-state index contributed by atoms with van der Waals surface area (Å²) in [6, 6.07) is 0.831. The molecule has 0 spiro atoms. The van der Waals surface area contributed by atoms with E-state index in [9.17, 15) is 0 Å². The van der Waals surface area contributed by atoms with Gasteiger partial charge in [-0.15, -0.1) is 0 Å². The molecule has 1 saturated heterocycles. The van der Waals surface area contributed by atoms with Gasteiger partial charge in [-0.2, -0.15) is 0 Å². The molecule has 0 aromatic heterocycles. The Balaban J connectivity index is 1.97. The first kappa shape index (κ1) is 9.51. The molecule has 0 aromatic rings.